The van der Waals surface area contributed by atoms with E-state index in [1.54, 1.807) is 37.8 Å². The van der Waals surface area contributed by atoms with Gasteiger partial charge in [-0.25, -0.2) is 9.79 Å². The zero-order valence-electron chi connectivity index (χ0n) is 26.5. The molecule has 8 nitrogen and oxygen atoms in total. The number of fused-ring (bicyclic) bond motifs is 1. The van der Waals surface area contributed by atoms with E-state index in [2.05, 4.69) is 45.2 Å². The number of methoxy groups -OCH3 is 2. The van der Waals surface area contributed by atoms with Crippen molar-refractivity contribution in [2.75, 3.05) is 20.8 Å². The molecule has 1 aliphatic heterocycles. The molecule has 1 aliphatic rings. The highest BCUT2D eigenvalue weighted by Crippen LogP contribution is 2.38. The molecule has 250 valence electrons. The van der Waals surface area contributed by atoms with Crippen molar-refractivity contribution in [1.29, 1.82) is 0 Å². The number of benzene rings is 4. The SMILES string of the molecule is CCOC(=O)C1=C(c2ccccc2)N=c2s/c(=C\c3cc(I)c(OCc4ccccc4Cl)c(I)c3)c(=O)n2[C@@H]1c1ccc(OC)c(OC)c1. The zero-order chi connectivity index (χ0) is 34.7. The van der Waals surface area contributed by atoms with Gasteiger partial charge in [-0.1, -0.05) is 77.5 Å². The molecule has 0 N–H and O–H groups in total. The number of thiazole rings is 1. The lowest BCUT2D eigenvalue weighted by Gasteiger charge is -2.26. The van der Waals surface area contributed by atoms with Gasteiger partial charge in [-0.05, 0) is 99.6 Å². The van der Waals surface area contributed by atoms with Gasteiger partial charge in [0.15, 0.2) is 16.3 Å². The van der Waals surface area contributed by atoms with Gasteiger partial charge in [-0.3, -0.25) is 9.36 Å². The van der Waals surface area contributed by atoms with Gasteiger partial charge in [-0.2, -0.15) is 0 Å². The van der Waals surface area contributed by atoms with Crippen molar-refractivity contribution in [3.8, 4) is 17.2 Å². The molecule has 0 spiro atoms. The van der Waals surface area contributed by atoms with Gasteiger partial charge >= 0.3 is 5.97 Å². The minimum Gasteiger partial charge on any atom is -0.493 e. The van der Waals surface area contributed by atoms with E-state index in [0.29, 0.717) is 43.7 Å². The Labute approximate surface area is 318 Å². The lowest BCUT2D eigenvalue weighted by Crippen LogP contribution is -2.40. The second kappa shape index (κ2) is 15.5. The molecular formula is C37H29ClI2N2O6S. The first kappa shape index (κ1) is 35.2. The van der Waals surface area contributed by atoms with Crippen molar-refractivity contribution < 1.29 is 23.7 Å². The largest absolute Gasteiger partial charge is 0.493 e. The predicted molar refractivity (Wildman–Crippen MR) is 208 cm³/mol. The monoisotopic (exact) mass is 918 g/mol. The van der Waals surface area contributed by atoms with Gasteiger partial charge in [0.2, 0.25) is 0 Å². The summed E-state index contributed by atoms with van der Waals surface area (Å²) in [5.41, 5.74) is 3.48. The van der Waals surface area contributed by atoms with Crippen molar-refractivity contribution in [2.24, 2.45) is 4.99 Å². The number of esters is 1. The number of rotatable bonds is 10. The van der Waals surface area contributed by atoms with Crippen LogP contribution in [-0.4, -0.2) is 31.4 Å². The standard InChI is InChI=1S/C37H29ClI2N2O6S/c1-4-47-36(44)31-32(22-10-6-5-7-11-22)41-37-42(33(31)23-14-15-28(45-2)29(19-23)46-3)35(43)30(49-37)18-21-16-26(39)34(27(40)17-21)48-20-24-12-8-9-13-25(24)38/h5-19,33H,4,20H2,1-3H3/b30-18-/t33-/m1/s1. The Balaban J connectivity index is 1.51. The maximum Gasteiger partial charge on any atom is 0.338 e. The molecule has 4 aromatic carbocycles. The first-order valence-corrected chi connectivity index (χ1v) is 18.4. The molecule has 0 radical (unpaired) electrons. The molecule has 0 aliphatic carbocycles. The van der Waals surface area contributed by atoms with Crippen LogP contribution in [-0.2, 0) is 16.1 Å². The number of hydrogen-bond donors (Lipinski definition) is 0. The van der Waals surface area contributed by atoms with Crippen molar-refractivity contribution in [1.82, 2.24) is 4.57 Å². The van der Waals surface area contributed by atoms with Crippen LogP contribution in [0.2, 0.25) is 5.02 Å². The van der Waals surface area contributed by atoms with Crippen molar-refractivity contribution in [3.05, 3.63) is 145 Å². The van der Waals surface area contributed by atoms with Crippen LogP contribution >= 0.6 is 68.1 Å². The van der Waals surface area contributed by atoms with E-state index < -0.39 is 12.0 Å². The summed E-state index contributed by atoms with van der Waals surface area (Å²) >= 11 is 12.1. The molecule has 1 atom stereocenters. The van der Waals surface area contributed by atoms with Crippen LogP contribution in [0.4, 0.5) is 0 Å². The molecule has 1 aromatic heterocycles. The number of nitrogens with zero attached hydrogens (tertiary/aromatic N) is 2. The Hall–Kier alpha value is -3.66. The zero-order valence-corrected chi connectivity index (χ0v) is 32.4. The van der Waals surface area contributed by atoms with E-state index in [0.717, 1.165) is 29.6 Å². The van der Waals surface area contributed by atoms with Crippen LogP contribution in [0.25, 0.3) is 11.8 Å². The average Bonchev–Trinajstić information content (AvgIpc) is 3.41. The third-order valence-corrected chi connectivity index (χ3v) is 10.7. The molecule has 0 amide bonds. The Morgan fingerprint density at radius 3 is 2.33 bits per heavy atom. The molecule has 12 heteroatoms. The van der Waals surface area contributed by atoms with Crippen LogP contribution in [0.5, 0.6) is 17.2 Å². The number of ether oxygens (including phenoxy) is 4. The van der Waals surface area contributed by atoms with Crippen molar-refractivity contribution in [2.45, 2.75) is 19.6 Å². The molecule has 0 fully saturated rings. The molecule has 0 unspecified atom stereocenters. The normalized spacial score (nSPS) is 14.2. The van der Waals surface area contributed by atoms with E-state index in [4.69, 9.17) is 35.5 Å². The fraction of sp³-hybridized carbons (Fsp3) is 0.162. The maximum absolute atomic E-state index is 14.4. The minimum atomic E-state index is -0.853. The fourth-order valence-corrected chi connectivity index (χ4v) is 8.82. The third kappa shape index (κ3) is 7.30. The third-order valence-electron chi connectivity index (χ3n) is 7.75. The topological polar surface area (TPSA) is 88.4 Å². The van der Waals surface area contributed by atoms with Crippen LogP contribution in [0, 0.1) is 7.14 Å². The van der Waals surface area contributed by atoms with Gasteiger partial charge in [0.25, 0.3) is 5.56 Å². The number of halogens is 3. The van der Waals surface area contributed by atoms with Crippen LogP contribution in [0.15, 0.2) is 100 Å². The average molecular weight is 919 g/mol. The molecule has 0 saturated heterocycles. The van der Waals surface area contributed by atoms with Crippen LogP contribution in [0.1, 0.15) is 35.2 Å². The van der Waals surface area contributed by atoms with Crippen molar-refractivity contribution in [3.63, 3.8) is 0 Å². The van der Waals surface area contributed by atoms with Crippen molar-refractivity contribution >= 4 is 85.9 Å². The van der Waals surface area contributed by atoms with Gasteiger partial charge in [0, 0.05) is 16.1 Å². The summed E-state index contributed by atoms with van der Waals surface area (Å²) in [6.07, 6.45) is 1.84. The summed E-state index contributed by atoms with van der Waals surface area (Å²) < 4.78 is 26.6. The predicted octanol–water partition coefficient (Wildman–Crippen LogP) is 7.39. The van der Waals surface area contributed by atoms with Crippen LogP contribution in [0.3, 0.4) is 0 Å². The highest BCUT2D eigenvalue weighted by atomic mass is 127. The summed E-state index contributed by atoms with van der Waals surface area (Å²) in [6, 6.07) is 25.4. The maximum atomic E-state index is 14.4. The Morgan fingerprint density at radius 1 is 0.959 bits per heavy atom. The first-order valence-electron chi connectivity index (χ1n) is 15.1. The lowest BCUT2D eigenvalue weighted by atomic mass is 9.93. The summed E-state index contributed by atoms with van der Waals surface area (Å²) in [5.74, 6) is 1.16. The van der Waals surface area contributed by atoms with E-state index in [1.165, 1.54) is 11.3 Å². The van der Waals surface area contributed by atoms with E-state index in [1.807, 2.05) is 78.9 Å². The fourth-order valence-electron chi connectivity index (χ4n) is 5.50. The quantitative estimate of drug-likeness (QED) is 0.107. The van der Waals surface area contributed by atoms with E-state index >= 15 is 0 Å². The van der Waals surface area contributed by atoms with E-state index in [-0.39, 0.29) is 17.7 Å². The molecule has 5 aromatic rings. The Morgan fingerprint density at radius 2 is 1.65 bits per heavy atom. The van der Waals surface area contributed by atoms with E-state index in [9.17, 15) is 9.59 Å². The Bertz CT molecular complexity index is 2250. The first-order chi connectivity index (χ1) is 23.7. The molecule has 49 heavy (non-hydrogen) atoms. The minimum absolute atomic E-state index is 0.156. The number of carbonyl (C=O) groups is 1. The lowest BCUT2D eigenvalue weighted by molar-refractivity contribution is -0.138. The molecule has 2 heterocycles. The van der Waals surface area contributed by atoms with Gasteiger partial charge in [-0.15, -0.1) is 0 Å². The molecule has 0 bridgehead atoms. The van der Waals surface area contributed by atoms with Gasteiger partial charge < -0.3 is 18.9 Å². The smallest absolute Gasteiger partial charge is 0.338 e. The molecular weight excluding hydrogens is 890 g/mol. The van der Waals surface area contributed by atoms with Gasteiger partial charge in [0.05, 0.1) is 49.8 Å². The highest BCUT2D eigenvalue weighted by Gasteiger charge is 2.35. The Kier molecular flexibility index (Phi) is 11.1. The summed E-state index contributed by atoms with van der Waals surface area (Å²) in [7, 11) is 3.10. The second-order valence-corrected chi connectivity index (χ2v) is 14.5. The highest BCUT2D eigenvalue weighted by molar-refractivity contribution is 14.1. The number of hydrogen-bond acceptors (Lipinski definition) is 8. The summed E-state index contributed by atoms with van der Waals surface area (Å²) in [6.45, 7) is 2.23. The second-order valence-electron chi connectivity index (χ2n) is 10.7. The van der Waals surface area contributed by atoms with Gasteiger partial charge in [0.1, 0.15) is 12.4 Å². The number of carbonyl (C=O) groups excluding carboxylic acids is 1. The summed E-state index contributed by atoms with van der Waals surface area (Å²) in [5, 5.41) is 0.646. The number of aromatic nitrogens is 1. The molecule has 6 rings (SSSR count). The summed E-state index contributed by atoms with van der Waals surface area (Å²) in [4.78, 5) is 33.6. The molecule has 0 saturated carbocycles. The van der Waals surface area contributed by atoms with Crippen LogP contribution < -0.4 is 29.1 Å².